The lowest BCUT2D eigenvalue weighted by Gasteiger charge is -2.29. The number of pyridine rings is 1. The van der Waals surface area contributed by atoms with E-state index in [0.717, 1.165) is 25.7 Å². The summed E-state index contributed by atoms with van der Waals surface area (Å²) in [6, 6.07) is 7.94. The number of methoxy groups -OCH3 is 1. The molecule has 3 aromatic rings. The lowest BCUT2D eigenvalue weighted by atomic mass is 9.86. The van der Waals surface area contributed by atoms with Crippen LogP contribution in [0.3, 0.4) is 0 Å². The van der Waals surface area contributed by atoms with Crippen LogP contribution in [0.5, 0.6) is 5.75 Å². The third-order valence-corrected chi connectivity index (χ3v) is 6.55. The highest BCUT2D eigenvalue weighted by Gasteiger charge is 2.25. The molecule has 2 aromatic heterocycles. The van der Waals surface area contributed by atoms with E-state index in [2.05, 4.69) is 31.0 Å². The minimum atomic E-state index is -0.520. The highest BCUT2D eigenvalue weighted by Crippen LogP contribution is 2.26. The number of hydrogen-bond donors (Lipinski definition) is 2. The van der Waals surface area contributed by atoms with Crippen molar-refractivity contribution in [1.29, 1.82) is 0 Å². The van der Waals surface area contributed by atoms with Crippen molar-refractivity contribution in [3.63, 3.8) is 0 Å². The van der Waals surface area contributed by atoms with Crippen LogP contribution < -0.4 is 15.4 Å². The molecule has 1 aliphatic carbocycles. The third kappa shape index (κ3) is 7.96. The Morgan fingerprint density at radius 2 is 1.88 bits per heavy atom. The number of alkyl carbamates (subject to hydrolysis) is 1. The molecule has 214 valence electrons. The van der Waals surface area contributed by atoms with Crippen LogP contribution >= 0.6 is 0 Å². The molecular weight excluding hydrogens is 517 g/mol. The van der Waals surface area contributed by atoms with Crippen molar-refractivity contribution < 1.29 is 23.5 Å². The fourth-order valence-electron chi connectivity index (χ4n) is 4.63. The lowest BCUT2D eigenvalue weighted by Crippen LogP contribution is -2.41. The van der Waals surface area contributed by atoms with Gasteiger partial charge in [-0.2, -0.15) is 4.80 Å². The number of amides is 2. The molecule has 11 nitrogen and oxygen atoms in total. The van der Waals surface area contributed by atoms with E-state index in [-0.39, 0.29) is 36.0 Å². The molecule has 0 atom stereocenters. The molecular formula is C28H36FN7O4. The van der Waals surface area contributed by atoms with Crippen LogP contribution in [0.25, 0.3) is 11.4 Å². The van der Waals surface area contributed by atoms with Gasteiger partial charge in [-0.05, 0) is 94.3 Å². The number of carbonyl (C=O) groups excluding carboxylic acids is 2. The largest absolute Gasteiger partial charge is 0.494 e. The van der Waals surface area contributed by atoms with Gasteiger partial charge in [0.1, 0.15) is 11.3 Å². The van der Waals surface area contributed by atoms with E-state index in [9.17, 15) is 14.0 Å². The van der Waals surface area contributed by atoms with E-state index in [0.29, 0.717) is 35.1 Å². The van der Waals surface area contributed by atoms with Crippen molar-refractivity contribution in [1.82, 2.24) is 35.8 Å². The van der Waals surface area contributed by atoms with E-state index < -0.39 is 11.4 Å². The van der Waals surface area contributed by atoms with E-state index in [4.69, 9.17) is 9.47 Å². The summed E-state index contributed by atoms with van der Waals surface area (Å²) in [6.07, 6.45) is 3.19. The Kier molecular flexibility index (Phi) is 8.96. The Morgan fingerprint density at radius 1 is 1.12 bits per heavy atom. The van der Waals surface area contributed by atoms with Gasteiger partial charge in [0.15, 0.2) is 11.6 Å². The molecule has 2 heterocycles. The summed E-state index contributed by atoms with van der Waals surface area (Å²) in [6.45, 7) is 8.13. The normalized spacial score (nSPS) is 17.2. The molecule has 40 heavy (non-hydrogen) atoms. The predicted molar refractivity (Wildman–Crippen MR) is 145 cm³/mol. The maximum atomic E-state index is 13.7. The molecule has 0 unspecified atom stereocenters. The first-order valence-corrected chi connectivity index (χ1v) is 13.4. The highest BCUT2D eigenvalue weighted by atomic mass is 19.1. The molecule has 1 fully saturated rings. The van der Waals surface area contributed by atoms with Crippen LogP contribution in [-0.2, 0) is 17.8 Å². The van der Waals surface area contributed by atoms with Crippen LogP contribution in [0.2, 0.25) is 0 Å². The van der Waals surface area contributed by atoms with E-state index in [1.165, 1.54) is 19.2 Å². The van der Waals surface area contributed by atoms with Gasteiger partial charge in [0.05, 0.1) is 13.7 Å². The summed E-state index contributed by atoms with van der Waals surface area (Å²) in [5.41, 5.74) is 1.67. The minimum Gasteiger partial charge on any atom is -0.494 e. The summed E-state index contributed by atoms with van der Waals surface area (Å²) in [7, 11) is 1.39. The number of rotatable bonds is 8. The maximum absolute atomic E-state index is 13.7. The lowest BCUT2D eigenvalue weighted by molar-refractivity contribution is 0.0485. The van der Waals surface area contributed by atoms with E-state index >= 15 is 0 Å². The van der Waals surface area contributed by atoms with E-state index in [1.807, 2.05) is 20.8 Å². The molecule has 0 radical (unpaired) electrons. The Morgan fingerprint density at radius 3 is 2.58 bits per heavy atom. The number of ether oxygens (including phenoxy) is 2. The molecule has 1 saturated carbocycles. The first kappa shape index (κ1) is 28.9. The van der Waals surface area contributed by atoms with Gasteiger partial charge in [-0.15, -0.1) is 10.2 Å². The molecule has 0 bridgehead atoms. The second-order valence-electron chi connectivity index (χ2n) is 11.1. The summed E-state index contributed by atoms with van der Waals surface area (Å²) in [5, 5.41) is 18.7. The van der Waals surface area contributed by atoms with Crippen molar-refractivity contribution in [2.24, 2.45) is 5.92 Å². The Labute approximate surface area is 232 Å². The molecule has 2 N–H and O–H groups in total. The molecule has 0 saturated heterocycles. The maximum Gasteiger partial charge on any atom is 0.407 e. The highest BCUT2D eigenvalue weighted by molar-refractivity contribution is 5.93. The number of nitrogens with zero attached hydrogens (tertiary/aromatic N) is 5. The van der Waals surface area contributed by atoms with Crippen LogP contribution in [0.15, 0.2) is 30.3 Å². The standard InChI is InChI=1S/C28H36FN7O4/c1-17-12-20(14-23(31-17)26(37)30-15-19-8-11-22(29)24(13-19)39-5)25-33-35-36(34-25)16-18-6-9-21(10-7-18)32-27(38)40-28(2,3)4/h8,11-14,18,21H,6-7,9-10,15-16H2,1-5H3,(H,30,37)(H,32,38)/t18-,21-. The predicted octanol–water partition coefficient (Wildman–Crippen LogP) is 4.20. The molecule has 0 aliphatic heterocycles. The van der Waals surface area contributed by atoms with Gasteiger partial charge in [0, 0.05) is 23.8 Å². The van der Waals surface area contributed by atoms with Gasteiger partial charge >= 0.3 is 6.09 Å². The van der Waals surface area contributed by atoms with Crippen LogP contribution in [-0.4, -0.2) is 55.9 Å². The SMILES string of the molecule is COc1cc(CNC(=O)c2cc(-c3nnn(C[C@H]4CC[C@H](NC(=O)OC(C)(C)C)CC4)n3)cc(C)n2)ccc1F. The minimum absolute atomic E-state index is 0.0971. The number of tetrazole rings is 1. The molecule has 12 heteroatoms. The Balaban J connectivity index is 1.32. The Hall–Kier alpha value is -4.09. The quantitative estimate of drug-likeness (QED) is 0.424. The number of aryl methyl sites for hydroxylation is 1. The van der Waals surface area contributed by atoms with Gasteiger partial charge in [0.2, 0.25) is 5.82 Å². The second-order valence-corrected chi connectivity index (χ2v) is 11.1. The summed E-state index contributed by atoms with van der Waals surface area (Å²) >= 11 is 0. The summed E-state index contributed by atoms with van der Waals surface area (Å²) in [5.74, 6) is 0.0400. The van der Waals surface area contributed by atoms with E-state index in [1.54, 1.807) is 29.9 Å². The van der Waals surface area contributed by atoms with Crippen molar-refractivity contribution in [3.05, 3.63) is 53.1 Å². The van der Waals surface area contributed by atoms with Gasteiger partial charge in [-0.1, -0.05) is 6.07 Å². The second kappa shape index (κ2) is 12.4. The fourth-order valence-corrected chi connectivity index (χ4v) is 4.63. The van der Waals surface area contributed by atoms with Gasteiger partial charge in [-0.3, -0.25) is 4.79 Å². The first-order valence-electron chi connectivity index (χ1n) is 13.4. The summed E-state index contributed by atoms with van der Waals surface area (Å²) < 4.78 is 24.0. The smallest absolute Gasteiger partial charge is 0.407 e. The van der Waals surface area contributed by atoms with Crippen LogP contribution in [0, 0.1) is 18.7 Å². The summed E-state index contributed by atoms with van der Waals surface area (Å²) in [4.78, 5) is 30.8. The van der Waals surface area contributed by atoms with Crippen molar-refractivity contribution in [2.45, 2.75) is 78.1 Å². The molecule has 4 rings (SSSR count). The molecule has 0 spiro atoms. The zero-order valence-electron chi connectivity index (χ0n) is 23.5. The van der Waals surface area contributed by atoms with Gasteiger partial charge < -0.3 is 20.1 Å². The number of halogens is 1. The van der Waals surface area contributed by atoms with Crippen molar-refractivity contribution in [3.8, 4) is 17.1 Å². The molecule has 1 aliphatic rings. The number of aromatic nitrogens is 5. The average molecular weight is 554 g/mol. The van der Waals surface area contributed by atoms with Crippen molar-refractivity contribution in [2.75, 3.05) is 7.11 Å². The number of carbonyl (C=O) groups is 2. The van der Waals surface area contributed by atoms with Gasteiger partial charge in [0.25, 0.3) is 5.91 Å². The molecule has 1 aromatic carbocycles. The topological polar surface area (TPSA) is 133 Å². The van der Waals surface area contributed by atoms with Crippen LogP contribution in [0.4, 0.5) is 9.18 Å². The third-order valence-electron chi connectivity index (χ3n) is 6.55. The van der Waals surface area contributed by atoms with Gasteiger partial charge in [-0.25, -0.2) is 14.2 Å². The Bertz CT molecular complexity index is 1350. The van der Waals surface area contributed by atoms with Crippen LogP contribution in [0.1, 0.15) is 68.2 Å². The zero-order chi connectivity index (χ0) is 28.9. The average Bonchev–Trinajstić information content (AvgIpc) is 3.36. The number of nitrogens with one attached hydrogen (secondary N) is 2. The van der Waals surface area contributed by atoms with Crippen molar-refractivity contribution >= 4 is 12.0 Å². The number of benzene rings is 1. The molecule has 2 amide bonds. The monoisotopic (exact) mass is 553 g/mol. The first-order chi connectivity index (χ1) is 19.0. The fraction of sp³-hybridized carbons (Fsp3) is 0.500. The number of hydrogen-bond acceptors (Lipinski definition) is 8. The zero-order valence-corrected chi connectivity index (χ0v) is 23.5.